The highest BCUT2D eigenvalue weighted by molar-refractivity contribution is 7.89. The Hall–Kier alpha value is -2.19. The lowest BCUT2D eigenvalue weighted by atomic mass is 10.2. The van der Waals surface area contributed by atoms with Crippen LogP contribution in [0.5, 0.6) is 11.5 Å². The van der Waals surface area contributed by atoms with Gasteiger partial charge in [-0.1, -0.05) is 6.07 Å². The highest BCUT2D eigenvalue weighted by Gasteiger charge is 2.16. The third kappa shape index (κ3) is 3.67. The van der Waals surface area contributed by atoms with Crippen LogP contribution in [0.4, 0.5) is 0 Å². The van der Waals surface area contributed by atoms with Crippen LogP contribution < -0.4 is 14.2 Å². The van der Waals surface area contributed by atoms with E-state index in [1.165, 1.54) is 25.7 Å². The summed E-state index contributed by atoms with van der Waals surface area (Å²) in [6.45, 7) is 0.0755. The van der Waals surface area contributed by atoms with Gasteiger partial charge in [-0.3, -0.25) is 4.98 Å². The molecule has 0 saturated heterocycles. The lowest BCUT2D eigenvalue weighted by Gasteiger charge is -2.11. The molecule has 0 spiro atoms. The summed E-state index contributed by atoms with van der Waals surface area (Å²) >= 11 is 0. The minimum atomic E-state index is -3.71. The van der Waals surface area contributed by atoms with E-state index in [2.05, 4.69) is 14.7 Å². The number of sulfonamides is 1. The van der Waals surface area contributed by atoms with E-state index in [0.717, 1.165) is 0 Å². The zero-order valence-electron chi connectivity index (χ0n) is 11.6. The number of methoxy groups -OCH3 is 2. The van der Waals surface area contributed by atoms with Crippen LogP contribution in [-0.4, -0.2) is 32.6 Å². The minimum absolute atomic E-state index is 0.0755. The Morgan fingerprint density at radius 1 is 1.19 bits per heavy atom. The van der Waals surface area contributed by atoms with Gasteiger partial charge in [-0.05, 0) is 6.07 Å². The Bertz CT molecular complexity index is 705. The van der Waals surface area contributed by atoms with E-state index in [4.69, 9.17) is 9.47 Å². The van der Waals surface area contributed by atoms with Crippen molar-refractivity contribution < 1.29 is 17.9 Å². The number of aromatic nitrogens is 2. The van der Waals surface area contributed by atoms with Crippen LogP contribution in [0.2, 0.25) is 0 Å². The number of hydrogen-bond donors (Lipinski definition) is 1. The molecule has 0 unspecified atom stereocenters. The second-order valence-electron chi connectivity index (χ2n) is 4.05. The fourth-order valence-corrected chi connectivity index (χ4v) is 2.56. The average molecular weight is 309 g/mol. The van der Waals surface area contributed by atoms with E-state index in [0.29, 0.717) is 17.1 Å². The molecule has 21 heavy (non-hydrogen) atoms. The van der Waals surface area contributed by atoms with Crippen molar-refractivity contribution in [2.24, 2.45) is 0 Å². The fourth-order valence-electron chi connectivity index (χ4n) is 1.67. The number of benzene rings is 1. The summed E-state index contributed by atoms with van der Waals surface area (Å²) in [7, 11) is -0.653. The van der Waals surface area contributed by atoms with Gasteiger partial charge < -0.3 is 9.47 Å². The Morgan fingerprint density at radius 3 is 2.62 bits per heavy atom. The van der Waals surface area contributed by atoms with Crippen LogP contribution in [0.15, 0.2) is 41.8 Å². The molecule has 7 nitrogen and oxygen atoms in total. The van der Waals surface area contributed by atoms with Gasteiger partial charge in [0.2, 0.25) is 0 Å². The molecule has 0 radical (unpaired) electrons. The number of rotatable bonds is 6. The number of nitrogens with one attached hydrogen (secondary N) is 1. The summed E-state index contributed by atoms with van der Waals surface area (Å²) < 4.78 is 36.9. The molecule has 2 aromatic rings. The predicted molar refractivity (Wildman–Crippen MR) is 75.6 cm³/mol. The summed E-state index contributed by atoms with van der Waals surface area (Å²) in [5, 5.41) is -0.127. The molecule has 112 valence electrons. The third-order valence-corrected chi connectivity index (χ3v) is 4.05. The van der Waals surface area contributed by atoms with Crippen LogP contribution in [0.25, 0.3) is 0 Å². The van der Waals surface area contributed by atoms with Crippen molar-refractivity contribution in [2.75, 3.05) is 14.2 Å². The fraction of sp³-hybridized carbons (Fsp3) is 0.231. The highest BCUT2D eigenvalue weighted by atomic mass is 32.2. The Balaban J connectivity index is 2.16. The second-order valence-corrected chi connectivity index (χ2v) is 5.76. The van der Waals surface area contributed by atoms with Crippen LogP contribution >= 0.6 is 0 Å². The van der Waals surface area contributed by atoms with Crippen molar-refractivity contribution in [3.8, 4) is 11.5 Å². The number of nitrogens with zero attached hydrogens (tertiary/aromatic N) is 2. The Morgan fingerprint density at radius 2 is 2.00 bits per heavy atom. The maximum absolute atomic E-state index is 12.0. The van der Waals surface area contributed by atoms with Crippen LogP contribution in [0, 0.1) is 0 Å². The van der Waals surface area contributed by atoms with Crippen molar-refractivity contribution in [3.63, 3.8) is 0 Å². The van der Waals surface area contributed by atoms with E-state index in [9.17, 15) is 8.42 Å². The molecular formula is C13H15N3O4S. The predicted octanol–water partition coefficient (Wildman–Crippen LogP) is 0.972. The summed E-state index contributed by atoms with van der Waals surface area (Å²) in [6, 6.07) is 5.15. The largest absolute Gasteiger partial charge is 0.497 e. The second kappa shape index (κ2) is 6.51. The zero-order chi connectivity index (χ0) is 15.3. The molecule has 2 rings (SSSR count). The summed E-state index contributed by atoms with van der Waals surface area (Å²) in [4.78, 5) is 7.51. The third-order valence-electron chi connectivity index (χ3n) is 2.76. The Kier molecular flexibility index (Phi) is 4.71. The first kappa shape index (κ1) is 15.2. The van der Waals surface area contributed by atoms with Gasteiger partial charge in [0, 0.05) is 30.6 Å². The van der Waals surface area contributed by atoms with Gasteiger partial charge in [0.25, 0.3) is 10.0 Å². The van der Waals surface area contributed by atoms with Gasteiger partial charge in [0.15, 0.2) is 5.03 Å². The molecule has 0 fully saturated rings. The Labute approximate surface area is 123 Å². The smallest absolute Gasteiger partial charge is 0.259 e. The molecule has 1 N–H and O–H groups in total. The SMILES string of the molecule is COc1ccc(CNS(=O)(=O)c2cnccn2)c(OC)c1. The normalized spacial score (nSPS) is 11.1. The van der Waals surface area contributed by atoms with E-state index in [1.807, 2.05) is 0 Å². The number of ether oxygens (including phenoxy) is 2. The molecule has 8 heteroatoms. The average Bonchev–Trinajstić information content (AvgIpc) is 2.53. The standard InChI is InChI=1S/C13H15N3O4S/c1-19-11-4-3-10(12(7-11)20-2)8-16-21(17,18)13-9-14-5-6-15-13/h3-7,9,16H,8H2,1-2H3. The molecule has 0 saturated carbocycles. The van der Waals surface area contributed by atoms with Gasteiger partial charge in [0.1, 0.15) is 11.5 Å². The van der Waals surface area contributed by atoms with Gasteiger partial charge in [-0.2, -0.15) is 0 Å². The first-order valence-corrected chi connectivity index (χ1v) is 7.51. The molecular weight excluding hydrogens is 294 g/mol. The van der Waals surface area contributed by atoms with Gasteiger partial charge >= 0.3 is 0 Å². The molecule has 0 bridgehead atoms. The number of hydrogen-bond acceptors (Lipinski definition) is 6. The summed E-state index contributed by atoms with van der Waals surface area (Å²) in [5.41, 5.74) is 0.686. The summed E-state index contributed by atoms with van der Waals surface area (Å²) in [5.74, 6) is 1.17. The first-order chi connectivity index (χ1) is 10.1. The van der Waals surface area contributed by atoms with Crippen LogP contribution in [-0.2, 0) is 16.6 Å². The molecule has 1 aromatic carbocycles. The molecule has 0 aliphatic rings. The molecule has 1 heterocycles. The summed E-state index contributed by atoms with van der Waals surface area (Å²) in [6.07, 6.45) is 3.92. The minimum Gasteiger partial charge on any atom is -0.497 e. The monoisotopic (exact) mass is 309 g/mol. The molecule has 1 aromatic heterocycles. The van der Waals surface area contributed by atoms with Crippen LogP contribution in [0.3, 0.4) is 0 Å². The first-order valence-electron chi connectivity index (χ1n) is 6.03. The van der Waals surface area contributed by atoms with Crippen molar-refractivity contribution in [2.45, 2.75) is 11.6 Å². The lowest BCUT2D eigenvalue weighted by Crippen LogP contribution is -2.24. The van der Waals surface area contributed by atoms with E-state index < -0.39 is 10.0 Å². The van der Waals surface area contributed by atoms with Crippen LogP contribution in [0.1, 0.15) is 5.56 Å². The zero-order valence-corrected chi connectivity index (χ0v) is 12.4. The quantitative estimate of drug-likeness (QED) is 0.855. The van der Waals surface area contributed by atoms with E-state index >= 15 is 0 Å². The van der Waals surface area contributed by atoms with Crippen molar-refractivity contribution in [1.82, 2.24) is 14.7 Å². The van der Waals surface area contributed by atoms with Crippen molar-refractivity contribution in [1.29, 1.82) is 0 Å². The van der Waals surface area contributed by atoms with E-state index in [1.54, 1.807) is 25.3 Å². The van der Waals surface area contributed by atoms with Crippen molar-refractivity contribution in [3.05, 3.63) is 42.4 Å². The molecule has 0 aliphatic carbocycles. The van der Waals surface area contributed by atoms with Gasteiger partial charge in [-0.25, -0.2) is 18.1 Å². The van der Waals surface area contributed by atoms with Gasteiger partial charge in [0.05, 0.1) is 20.4 Å². The van der Waals surface area contributed by atoms with E-state index in [-0.39, 0.29) is 11.6 Å². The van der Waals surface area contributed by atoms with Gasteiger partial charge in [-0.15, -0.1) is 0 Å². The maximum atomic E-state index is 12.0. The molecule has 0 atom stereocenters. The van der Waals surface area contributed by atoms with Crippen molar-refractivity contribution >= 4 is 10.0 Å². The maximum Gasteiger partial charge on any atom is 0.259 e. The highest BCUT2D eigenvalue weighted by Crippen LogP contribution is 2.24. The lowest BCUT2D eigenvalue weighted by molar-refractivity contribution is 0.390. The molecule has 0 aliphatic heterocycles. The molecule has 0 amide bonds. The topological polar surface area (TPSA) is 90.4 Å².